The van der Waals surface area contributed by atoms with Crippen LogP contribution >= 0.6 is 11.8 Å². The highest BCUT2D eigenvalue weighted by atomic mass is 32.2. The number of rotatable bonds is 14. The third kappa shape index (κ3) is 8.49. The smallest absolute Gasteiger partial charge is 0.336 e. The molecule has 0 unspecified atom stereocenters. The fourth-order valence-corrected chi connectivity index (χ4v) is 6.97. The first kappa shape index (κ1) is 36.1. The molecule has 4 aromatic carbocycles. The van der Waals surface area contributed by atoms with Crippen LogP contribution in [0.1, 0.15) is 92.0 Å². The van der Waals surface area contributed by atoms with E-state index in [0.717, 1.165) is 58.2 Å². The molecule has 1 heterocycles. The summed E-state index contributed by atoms with van der Waals surface area (Å²) in [6.07, 6.45) is 2.32. The standard InChI is InChI=1S/C40H41N3O6S/c1-5-9-35-42-36-25(4)19-30(37(44)41-31(18-24(2)3)23-50-40(49)29-11-8-10-28(20-29)38(45)46)21-34(36)43(35)22-26-14-16-27(17-15-26)32-12-6-7-13-33(32)39(47)48/h6-8,10-17,19-21,24,31H,5,9,18,22-23H2,1-4H3,(H,41,44)(H,45,46)(H,47,48)/t31-/m1/s1. The number of carbonyl (C=O) groups is 4. The van der Waals surface area contributed by atoms with Crippen LogP contribution in [0.2, 0.25) is 0 Å². The minimum atomic E-state index is -1.10. The SMILES string of the molecule is CCCc1nc2c(C)cc(C(=O)N[C@@H](CSC(=O)c3cccc(C(=O)O)c3)CC(C)C)cc2n1Cc1ccc(-c2ccccc2C(=O)O)cc1. The summed E-state index contributed by atoms with van der Waals surface area (Å²) in [6, 6.07) is 24.2. The Morgan fingerprint density at radius 2 is 1.58 bits per heavy atom. The minimum absolute atomic E-state index is 0.0501. The van der Waals surface area contributed by atoms with E-state index in [4.69, 9.17) is 4.98 Å². The summed E-state index contributed by atoms with van der Waals surface area (Å²) in [6.45, 7) is 8.69. The molecule has 0 radical (unpaired) electrons. The summed E-state index contributed by atoms with van der Waals surface area (Å²) in [5, 5.41) is 21.9. The van der Waals surface area contributed by atoms with Gasteiger partial charge in [0.2, 0.25) is 5.12 Å². The molecule has 0 aliphatic carbocycles. The summed E-state index contributed by atoms with van der Waals surface area (Å²) >= 11 is 1.07. The van der Waals surface area contributed by atoms with Crippen molar-refractivity contribution in [3.63, 3.8) is 0 Å². The molecule has 3 N–H and O–H groups in total. The van der Waals surface area contributed by atoms with Crippen LogP contribution in [-0.2, 0) is 13.0 Å². The largest absolute Gasteiger partial charge is 0.478 e. The van der Waals surface area contributed by atoms with Gasteiger partial charge in [-0.25, -0.2) is 14.6 Å². The van der Waals surface area contributed by atoms with Crippen molar-refractivity contribution in [1.29, 1.82) is 0 Å². The number of thioether (sulfide) groups is 1. The number of aromatic nitrogens is 2. The lowest BCUT2D eigenvalue weighted by Crippen LogP contribution is -2.38. The number of nitrogens with zero attached hydrogens (tertiary/aromatic N) is 2. The molecule has 5 rings (SSSR count). The lowest BCUT2D eigenvalue weighted by atomic mass is 9.98. The lowest BCUT2D eigenvalue weighted by molar-refractivity contribution is 0.0686. The highest BCUT2D eigenvalue weighted by Crippen LogP contribution is 2.27. The Bertz CT molecular complexity index is 2050. The van der Waals surface area contributed by atoms with Gasteiger partial charge in [-0.1, -0.05) is 87.1 Å². The maximum atomic E-state index is 13.8. The summed E-state index contributed by atoms with van der Waals surface area (Å²) in [5.74, 6) is -0.789. The van der Waals surface area contributed by atoms with Crippen LogP contribution in [0.3, 0.4) is 0 Å². The summed E-state index contributed by atoms with van der Waals surface area (Å²) in [7, 11) is 0. The Balaban J connectivity index is 1.38. The highest BCUT2D eigenvalue weighted by molar-refractivity contribution is 8.14. The van der Waals surface area contributed by atoms with Crippen LogP contribution < -0.4 is 5.32 Å². The zero-order valence-electron chi connectivity index (χ0n) is 28.6. The van der Waals surface area contributed by atoms with Crippen LogP contribution in [0.25, 0.3) is 22.2 Å². The number of carbonyl (C=O) groups excluding carboxylic acids is 2. The van der Waals surface area contributed by atoms with Gasteiger partial charge in [-0.05, 0) is 78.3 Å². The number of aromatic carboxylic acids is 2. The van der Waals surface area contributed by atoms with E-state index in [1.54, 1.807) is 30.3 Å². The number of fused-ring (bicyclic) bond motifs is 1. The second-order valence-electron chi connectivity index (χ2n) is 12.9. The number of aryl methyl sites for hydroxylation is 2. The number of carboxylic acid groups (broad SMARTS) is 2. The van der Waals surface area contributed by atoms with Gasteiger partial charge >= 0.3 is 11.9 Å². The zero-order chi connectivity index (χ0) is 35.9. The monoisotopic (exact) mass is 691 g/mol. The number of amides is 1. The molecule has 50 heavy (non-hydrogen) atoms. The van der Waals surface area contributed by atoms with Crippen molar-refractivity contribution in [2.75, 3.05) is 5.75 Å². The minimum Gasteiger partial charge on any atom is -0.478 e. The van der Waals surface area contributed by atoms with E-state index < -0.39 is 11.9 Å². The van der Waals surface area contributed by atoms with Crippen LogP contribution in [-0.4, -0.2) is 54.5 Å². The Morgan fingerprint density at radius 3 is 2.26 bits per heavy atom. The van der Waals surface area contributed by atoms with Crippen molar-refractivity contribution >= 4 is 45.8 Å². The number of hydrogen-bond acceptors (Lipinski definition) is 6. The van der Waals surface area contributed by atoms with Crippen LogP contribution in [0.15, 0.2) is 84.9 Å². The molecule has 9 nitrogen and oxygen atoms in total. The zero-order valence-corrected chi connectivity index (χ0v) is 29.4. The molecule has 0 spiro atoms. The van der Waals surface area contributed by atoms with Gasteiger partial charge in [0.25, 0.3) is 5.91 Å². The molecule has 1 amide bonds. The highest BCUT2D eigenvalue weighted by Gasteiger charge is 2.21. The number of carboxylic acids is 2. The number of imidazole rings is 1. The van der Waals surface area contributed by atoms with E-state index in [9.17, 15) is 29.4 Å². The molecule has 0 bridgehead atoms. The first-order valence-electron chi connectivity index (χ1n) is 16.7. The normalized spacial score (nSPS) is 11.9. The Labute approximate surface area is 295 Å². The van der Waals surface area contributed by atoms with E-state index in [0.29, 0.717) is 35.4 Å². The first-order chi connectivity index (χ1) is 23.9. The Morgan fingerprint density at radius 1 is 0.860 bits per heavy atom. The average molecular weight is 692 g/mol. The Hall–Kier alpha value is -5.22. The summed E-state index contributed by atoms with van der Waals surface area (Å²) < 4.78 is 2.15. The molecule has 10 heteroatoms. The molecule has 0 aliphatic heterocycles. The molecular formula is C40H41N3O6S. The predicted octanol–water partition coefficient (Wildman–Crippen LogP) is 8.13. The molecule has 0 saturated heterocycles. The number of nitrogens with one attached hydrogen (secondary N) is 1. The van der Waals surface area contributed by atoms with Crippen molar-refractivity contribution in [2.24, 2.45) is 5.92 Å². The number of benzene rings is 4. The van der Waals surface area contributed by atoms with E-state index in [1.807, 2.05) is 49.4 Å². The van der Waals surface area contributed by atoms with Gasteiger partial charge in [0.05, 0.1) is 22.2 Å². The van der Waals surface area contributed by atoms with Crippen LogP contribution in [0, 0.1) is 12.8 Å². The van der Waals surface area contributed by atoms with Gasteiger partial charge in [-0.3, -0.25) is 9.59 Å². The second-order valence-corrected chi connectivity index (χ2v) is 13.8. The van der Waals surface area contributed by atoms with Gasteiger partial charge in [0.15, 0.2) is 0 Å². The lowest BCUT2D eigenvalue weighted by Gasteiger charge is -2.20. The third-order valence-corrected chi connectivity index (χ3v) is 9.54. The van der Waals surface area contributed by atoms with E-state index in [2.05, 4.69) is 30.7 Å². The maximum Gasteiger partial charge on any atom is 0.336 e. The molecule has 5 aromatic rings. The fraction of sp³-hybridized carbons (Fsp3) is 0.275. The molecule has 258 valence electrons. The van der Waals surface area contributed by atoms with E-state index in [-0.39, 0.29) is 34.1 Å². The van der Waals surface area contributed by atoms with Crippen molar-refractivity contribution < 1.29 is 29.4 Å². The topological polar surface area (TPSA) is 139 Å². The quantitative estimate of drug-likeness (QED) is 0.106. The molecule has 0 aliphatic rings. The predicted molar refractivity (Wildman–Crippen MR) is 197 cm³/mol. The third-order valence-electron chi connectivity index (χ3n) is 8.47. The van der Waals surface area contributed by atoms with Crippen LogP contribution in [0.5, 0.6) is 0 Å². The van der Waals surface area contributed by atoms with Crippen molar-refractivity contribution in [3.05, 3.63) is 124 Å². The molecule has 0 saturated carbocycles. The van der Waals surface area contributed by atoms with Gasteiger partial charge in [0.1, 0.15) is 5.82 Å². The maximum absolute atomic E-state index is 13.8. The second kappa shape index (κ2) is 16.0. The first-order valence-corrected chi connectivity index (χ1v) is 17.7. The summed E-state index contributed by atoms with van der Waals surface area (Å²) in [5.41, 5.74) is 6.15. The average Bonchev–Trinajstić information content (AvgIpc) is 3.44. The Kier molecular flexibility index (Phi) is 11.5. The van der Waals surface area contributed by atoms with Gasteiger partial charge in [0, 0.05) is 35.9 Å². The van der Waals surface area contributed by atoms with Crippen molar-refractivity contribution in [1.82, 2.24) is 14.9 Å². The van der Waals surface area contributed by atoms with E-state index >= 15 is 0 Å². The van der Waals surface area contributed by atoms with Gasteiger partial charge < -0.3 is 20.1 Å². The number of hydrogen-bond donors (Lipinski definition) is 3. The van der Waals surface area contributed by atoms with Gasteiger partial charge in [-0.2, -0.15) is 0 Å². The van der Waals surface area contributed by atoms with Gasteiger partial charge in [-0.15, -0.1) is 0 Å². The van der Waals surface area contributed by atoms with Crippen molar-refractivity contribution in [3.8, 4) is 11.1 Å². The molecule has 1 atom stereocenters. The van der Waals surface area contributed by atoms with Crippen molar-refractivity contribution in [2.45, 2.75) is 59.5 Å². The fourth-order valence-electron chi connectivity index (χ4n) is 6.10. The summed E-state index contributed by atoms with van der Waals surface area (Å²) in [4.78, 5) is 54.9. The molecular weight excluding hydrogens is 651 g/mol. The van der Waals surface area contributed by atoms with Crippen LogP contribution in [0.4, 0.5) is 0 Å². The molecule has 0 fully saturated rings. The molecule has 1 aromatic heterocycles. The van der Waals surface area contributed by atoms with E-state index in [1.165, 1.54) is 12.1 Å².